The van der Waals surface area contributed by atoms with Crippen molar-refractivity contribution in [2.75, 3.05) is 24.7 Å². The van der Waals surface area contributed by atoms with Crippen LogP contribution in [0.5, 0.6) is 0 Å². The molecule has 0 aromatic heterocycles. The van der Waals surface area contributed by atoms with E-state index in [1.165, 1.54) is 19.1 Å². The molecule has 0 amide bonds. The largest absolute Gasteiger partial charge is 0.379 e. The molecule has 0 unspecified atom stereocenters. The van der Waals surface area contributed by atoms with Crippen molar-refractivity contribution in [3.05, 3.63) is 29.6 Å². The Morgan fingerprint density at radius 2 is 2.00 bits per heavy atom. The number of sulfone groups is 2. The summed E-state index contributed by atoms with van der Waals surface area (Å²) in [5, 5.41) is 1.97. The molecule has 26 heavy (non-hydrogen) atoms. The first-order chi connectivity index (χ1) is 12.0. The molecule has 0 radical (unpaired) electrons. The Labute approximate surface area is 155 Å². The smallest absolute Gasteiger partial charge is 0.183 e. The Hall–Kier alpha value is -1.03. The van der Waals surface area contributed by atoms with E-state index in [1.807, 2.05) is 13.8 Å². The number of nitrogens with one attached hydrogen (secondary N) is 1. The molecule has 1 saturated heterocycles. The highest BCUT2D eigenvalue weighted by Gasteiger charge is 2.45. The van der Waals surface area contributed by atoms with Gasteiger partial charge in [-0.15, -0.1) is 0 Å². The number of hydrogen-bond donors (Lipinski definition) is 1. The minimum Gasteiger partial charge on any atom is -0.379 e. The van der Waals surface area contributed by atoms with E-state index < -0.39 is 42.5 Å². The molecule has 2 atom stereocenters. The van der Waals surface area contributed by atoms with Gasteiger partial charge in [-0.25, -0.2) is 21.2 Å². The molecular weight excluding hydrogens is 381 g/mol. The number of benzene rings is 1. The zero-order chi connectivity index (χ0) is 19.5. The molecule has 148 valence electrons. The number of hydrogen-bond acceptors (Lipinski definition) is 6. The minimum atomic E-state index is -3.89. The van der Waals surface area contributed by atoms with E-state index in [1.54, 1.807) is 0 Å². The summed E-state index contributed by atoms with van der Waals surface area (Å²) in [6, 6.07) is 2.85. The summed E-state index contributed by atoms with van der Waals surface area (Å²) < 4.78 is 68.8. The van der Waals surface area contributed by atoms with Gasteiger partial charge in [-0.3, -0.25) is 0 Å². The van der Waals surface area contributed by atoms with Crippen LogP contribution in [0, 0.1) is 12.7 Å². The van der Waals surface area contributed by atoms with Crippen molar-refractivity contribution < 1.29 is 26.0 Å². The Kier molecular flexibility index (Phi) is 6.81. The first-order valence-corrected chi connectivity index (χ1v) is 11.9. The molecule has 9 heteroatoms. The third-order valence-electron chi connectivity index (χ3n) is 4.34. The van der Waals surface area contributed by atoms with Gasteiger partial charge in [0.15, 0.2) is 19.7 Å². The van der Waals surface area contributed by atoms with Gasteiger partial charge >= 0.3 is 0 Å². The van der Waals surface area contributed by atoms with Crippen LogP contribution in [0.4, 0.5) is 4.39 Å². The van der Waals surface area contributed by atoms with Gasteiger partial charge in [0.1, 0.15) is 5.82 Å². The molecule has 1 aliphatic rings. The standard InChI is InChI=1S/C17H26FNO5S2/c1-12(2)24-8-4-7-19-16-10-25(20,21)11-17(16)26(22,23)14-5-6-15(18)13(3)9-14/h5-6,9,12,16-17,19H,4,7-8,10-11H2,1-3H3/t16-,17-/m1/s1. The zero-order valence-electron chi connectivity index (χ0n) is 15.2. The Morgan fingerprint density at radius 1 is 1.31 bits per heavy atom. The molecular formula is C17H26FNO5S2. The lowest BCUT2D eigenvalue weighted by atomic mass is 10.2. The third-order valence-corrected chi connectivity index (χ3v) is 8.48. The zero-order valence-corrected chi connectivity index (χ0v) is 16.9. The number of aryl methyl sites for hydroxylation is 1. The normalized spacial score (nSPS) is 22.8. The van der Waals surface area contributed by atoms with Crippen LogP contribution in [-0.4, -0.2) is 58.9 Å². The Balaban J connectivity index is 2.14. The van der Waals surface area contributed by atoms with Crippen LogP contribution in [0.25, 0.3) is 0 Å². The summed E-state index contributed by atoms with van der Waals surface area (Å²) >= 11 is 0. The predicted molar refractivity (Wildman–Crippen MR) is 98.3 cm³/mol. The van der Waals surface area contributed by atoms with Gasteiger partial charge in [0.2, 0.25) is 0 Å². The van der Waals surface area contributed by atoms with Crippen LogP contribution < -0.4 is 5.32 Å². The highest BCUT2D eigenvalue weighted by atomic mass is 32.2. The molecule has 0 aliphatic carbocycles. The second-order valence-corrected chi connectivity index (χ2v) is 11.2. The van der Waals surface area contributed by atoms with E-state index in [2.05, 4.69) is 5.32 Å². The van der Waals surface area contributed by atoms with E-state index in [-0.39, 0.29) is 22.3 Å². The van der Waals surface area contributed by atoms with E-state index in [0.717, 1.165) is 6.07 Å². The van der Waals surface area contributed by atoms with Crippen molar-refractivity contribution in [3.63, 3.8) is 0 Å². The molecule has 1 aromatic rings. The fourth-order valence-corrected chi connectivity index (χ4v) is 7.76. The van der Waals surface area contributed by atoms with E-state index in [9.17, 15) is 21.2 Å². The topological polar surface area (TPSA) is 89.5 Å². The van der Waals surface area contributed by atoms with Gasteiger partial charge < -0.3 is 10.1 Å². The maximum Gasteiger partial charge on any atom is 0.183 e. The molecule has 0 spiro atoms. The maximum absolute atomic E-state index is 13.4. The van der Waals surface area contributed by atoms with Gasteiger partial charge in [0, 0.05) is 12.6 Å². The maximum atomic E-state index is 13.4. The number of rotatable bonds is 8. The molecule has 2 rings (SSSR count). The van der Waals surface area contributed by atoms with Crippen LogP contribution >= 0.6 is 0 Å². The predicted octanol–water partition coefficient (Wildman–Crippen LogP) is 1.48. The second-order valence-electron chi connectivity index (χ2n) is 6.91. The fourth-order valence-electron chi connectivity index (χ4n) is 2.96. The van der Waals surface area contributed by atoms with Crippen LogP contribution in [-0.2, 0) is 24.4 Å². The molecule has 1 aliphatic heterocycles. The van der Waals surface area contributed by atoms with Crippen molar-refractivity contribution in [1.29, 1.82) is 0 Å². The van der Waals surface area contributed by atoms with E-state index in [0.29, 0.717) is 19.6 Å². The van der Waals surface area contributed by atoms with Crippen molar-refractivity contribution in [2.24, 2.45) is 0 Å². The van der Waals surface area contributed by atoms with Crippen LogP contribution in [0.2, 0.25) is 0 Å². The van der Waals surface area contributed by atoms with Crippen molar-refractivity contribution >= 4 is 19.7 Å². The van der Waals surface area contributed by atoms with Gasteiger partial charge in [-0.2, -0.15) is 0 Å². The quantitative estimate of drug-likeness (QED) is 0.519. The second kappa shape index (κ2) is 8.33. The average molecular weight is 408 g/mol. The van der Waals surface area contributed by atoms with Crippen molar-refractivity contribution in [1.82, 2.24) is 5.32 Å². The highest BCUT2D eigenvalue weighted by molar-refractivity contribution is 7.96. The van der Waals surface area contributed by atoms with Crippen LogP contribution in [0.1, 0.15) is 25.8 Å². The molecule has 0 saturated carbocycles. The summed E-state index contributed by atoms with van der Waals surface area (Å²) in [4.78, 5) is -0.0477. The van der Waals surface area contributed by atoms with Gasteiger partial charge in [-0.1, -0.05) is 0 Å². The highest BCUT2D eigenvalue weighted by Crippen LogP contribution is 2.27. The lowest BCUT2D eigenvalue weighted by Crippen LogP contribution is -2.43. The molecule has 1 heterocycles. The van der Waals surface area contributed by atoms with Gasteiger partial charge in [0.25, 0.3) is 0 Å². The SMILES string of the molecule is Cc1cc(S(=O)(=O)[C@@H]2CS(=O)(=O)C[C@H]2NCCCOC(C)C)ccc1F. The van der Waals surface area contributed by atoms with E-state index >= 15 is 0 Å². The number of halogens is 1. The van der Waals surface area contributed by atoms with Crippen molar-refractivity contribution in [2.45, 2.75) is 49.5 Å². The summed E-state index contributed by atoms with van der Waals surface area (Å²) in [5.74, 6) is -1.14. The van der Waals surface area contributed by atoms with Crippen LogP contribution in [0.3, 0.4) is 0 Å². The number of ether oxygens (including phenoxy) is 1. The minimum absolute atomic E-state index is 0.0477. The fraction of sp³-hybridized carbons (Fsp3) is 0.647. The lowest BCUT2D eigenvalue weighted by molar-refractivity contribution is 0.0768. The lowest BCUT2D eigenvalue weighted by Gasteiger charge is -2.20. The monoisotopic (exact) mass is 407 g/mol. The third kappa shape index (κ3) is 5.25. The van der Waals surface area contributed by atoms with E-state index in [4.69, 9.17) is 4.74 Å². The summed E-state index contributed by atoms with van der Waals surface area (Å²) in [6.07, 6.45) is 0.758. The van der Waals surface area contributed by atoms with Crippen LogP contribution in [0.15, 0.2) is 23.1 Å². The first kappa shape index (κ1) is 21.3. The Bertz CT molecular complexity index is 837. The molecule has 1 N–H and O–H groups in total. The molecule has 0 bridgehead atoms. The van der Waals surface area contributed by atoms with Gasteiger partial charge in [-0.05, 0) is 57.5 Å². The molecule has 6 nitrogen and oxygen atoms in total. The average Bonchev–Trinajstić information content (AvgIpc) is 2.85. The summed E-state index contributed by atoms with van der Waals surface area (Å²) in [5.41, 5.74) is 0.210. The molecule has 1 fully saturated rings. The Morgan fingerprint density at radius 3 is 2.62 bits per heavy atom. The first-order valence-electron chi connectivity index (χ1n) is 8.58. The van der Waals surface area contributed by atoms with Gasteiger partial charge in [0.05, 0.1) is 27.8 Å². The molecule has 1 aromatic carbocycles. The summed E-state index contributed by atoms with van der Waals surface area (Å²) in [7, 11) is -7.35. The summed E-state index contributed by atoms with van der Waals surface area (Å²) in [6.45, 7) is 6.29. The van der Waals surface area contributed by atoms with Crippen molar-refractivity contribution in [3.8, 4) is 0 Å².